The zero-order valence-electron chi connectivity index (χ0n) is 10.9. The molecule has 0 aliphatic heterocycles. The molecule has 0 radical (unpaired) electrons. The number of pyridine rings is 1. The minimum atomic E-state index is 0.436. The Bertz CT molecular complexity index is 569. The van der Waals surface area contributed by atoms with Gasteiger partial charge in [0.15, 0.2) is 5.65 Å². The molecule has 3 nitrogen and oxygen atoms in total. The summed E-state index contributed by atoms with van der Waals surface area (Å²) in [6.07, 6.45) is 4.44. The van der Waals surface area contributed by atoms with Gasteiger partial charge in [0.1, 0.15) is 11.3 Å². The van der Waals surface area contributed by atoms with E-state index in [4.69, 9.17) is 11.6 Å². The molecule has 1 fully saturated rings. The Hall–Kier alpha value is -1.09. The van der Waals surface area contributed by atoms with Crippen LogP contribution in [0.3, 0.4) is 0 Å². The van der Waals surface area contributed by atoms with Gasteiger partial charge in [0.05, 0.1) is 5.88 Å². The highest BCUT2D eigenvalue weighted by molar-refractivity contribution is 6.16. The minimum absolute atomic E-state index is 0.436. The summed E-state index contributed by atoms with van der Waals surface area (Å²) in [5.41, 5.74) is 2.36. The van der Waals surface area contributed by atoms with E-state index in [1.165, 1.54) is 12.8 Å². The number of aromatic nitrogens is 3. The molecule has 1 saturated carbocycles. The van der Waals surface area contributed by atoms with Gasteiger partial charge in [-0.3, -0.25) is 0 Å². The van der Waals surface area contributed by atoms with Crippen molar-refractivity contribution in [1.29, 1.82) is 0 Å². The first kappa shape index (κ1) is 12.0. The fourth-order valence-corrected chi connectivity index (χ4v) is 2.87. The molecule has 0 N–H and O–H groups in total. The standard InChI is InChI=1S/C14H18ClN3/c1-10(2)14(5-6-14)9-18-12(8-15)17-11-4-3-7-16-13(11)18/h3-4,7,10H,5-6,8-9H2,1-2H3. The molecule has 2 heterocycles. The van der Waals surface area contributed by atoms with Crippen LogP contribution in [0.4, 0.5) is 0 Å². The summed E-state index contributed by atoms with van der Waals surface area (Å²) < 4.78 is 2.22. The van der Waals surface area contributed by atoms with E-state index in [-0.39, 0.29) is 0 Å². The highest BCUT2D eigenvalue weighted by atomic mass is 35.5. The van der Waals surface area contributed by atoms with E-state index in [1.807, 2.05) is 18.3 Å². The molecule has 0 bridgehead atoms. The fraction of sp³-hybridized carbons (Fsp3) is 0.571. The lowest BCUT2D eigenvalue weighted by Crippen LogP contribution is -2.19. The van der Waals surface area contributed by atoms with Crippen molar-refractivity contribution in [3.63, 3.8) is 0 Å². The molecule has 1 aliphatic rings. The largest absolute Gasteiger partial charge is 0.311 e. The highest BCUT2D eigenvalue weighted by Gasteiger charge is 2.46. The molecule has 4 heteroatoms. The van der Waals surface area contributed by atoms with Crippen LogP contribution in [0.1, 0.15) is 32.5 Å². The summed E-state index contributed by atoms with van der Waals surface area (Å²) >= 11 is 6.02. The second-order valence-electron chi connectivity index (χ2n) is 5.61. The Kier molecular flexibility index (Phi) is 2.81. The Morgan fingerprint density at radius 2 is 2.22 bits per heavy atom. The van der Waals surface area contributed by atoms with Crippen molar-refractivity contribution in [2.24, 2.45) is 11.3 Å². The van der Waals surface area contributed by atoms with E-state index in [1.54, 1.807) is 0 Å². The highest BCUT2D eigenvalue weighted by Crippen LogP contribution is 2.53. The van der Waals surface area contributed by atoms with Crippen molar-refractivity contribution < 1.29 is 0 Å². The van der Waals surface area contributed by atoms with Crippen LogP contribution in [0.25, 0.3) is 11.2 Å². The predicted octanol–water partition coefficient (Wildman–Crippen LogP) is 3.61. The van der Waals surface area contributed by atoms with Crippen LogP contribution >= 0.6 is 11.6 Å². The van der Waals surface area contributed by atoms with Crippen molar-refractivity contribution in [2.45, 2.75) is 39.1 Å². The van der Waals surface area contributed by atoms with Crippen molar-refractivity contribution in [2.75, 3.05) is 0 Å². The van der Waals surface area contributed by atoms with Gasteiger partial charge in [-0.25, -0.2) is 9.97 Å². The van der Waals surface area contributed by atoms with Gasteiger partial charge in [-0.15, -0.1) is 11.6 Å². The maximum atomic E-state index is 6.02. The fourth-order valence-electron chi connectivity index (χ4n) is 2.67. The first-order valence-corrected chi connectivity index (χ1v) is 7.06. The van der Waals surface area contributed by atoms with E-state index in [9.17, 15) is 0 Å². The van der Waals surface area contributed by atoms with E-state index < -0.39 is 0 Å². The Morgan fingerprint density at radius 1 is 1.44 bits per heavy atom. The lowest BCUT2D eigenvalue weighted by atomic mass is 9.92. The number of imidazole rings is 1. The first-order chi connectivity index (χ1) is 8.66. The molecular weight excluding hydrogens is 246 g/mol. The lowest BCUT2D eigenvalue weighted by molar-refractivity contribution is 0.309. The SMILES string of the molecule is CC(C)C1(Cn2c(CCl)nc3cccnc32)CC1. The molecule has 0 amide bonds. The molecule has 0 atom stereocenters. The maximum Gasteiger partial charge on any atom is 0.160 e. The van der Waals surface area contributed by atoms with Crippen LogP contribution in [0.5, 0.6) is 0 Å². The van der Waals surface area contributed by atoms with Crippen LogP contribution in [-0.2, 0) is 12.4 Å². The molecular formula is C14H18ClN3. The maximum absolute atomic E-state index is 6.02. The van der Waals surface area contributed by atoms with E-state index in [0.29, 0.717) is 17.2 Å². The monoisotopic (exact) mass is 263 g/mol. The van der Waals surface area contributed by atoms with E-state index >= 15 is 0 Å². The van der Waals surface area contributed by atoms with Crippen molar-refractivity contribution in [3.8, 4) is 0 Å². The molecule has 2 aromatic heterocycles. The van der Waals surface area contributed by atoms with Gasteiger partial charge in [-0.1, -0.05) is 13.8 Å². The van der Waals surface area contributed by atoms with Gasteiger partial charge in [-0.05, 0) is 36.3 Å². The van der Waals surface area contributed by atoms with Gasteiger partial charge in [0.25, 0.3) is 0 Å². The van der Waals surface area contributed by atoms with E-state index in [0.717, 1.165) is 23.5 Å². The summed E-state index contributed by atoms with van der Waals surface area (Å²) in [7, 11) is 0. The Labute approximate surface area is 112 Å². The molecule has 2 aromatic rings. The van der Waals surface area contributed by atoms with Crippen molar-refractivity contribution in [3.05, 3.63) is 24.2 Å². The van der Waals surface area contributed by atoms with Gasteiger partial charge in [0.2, 0.25) is 0 Å². The van der Waals surface area contributed by atoms with Crippen molar-refractivity contribution in [1.82, 2.24) is 14.5 Å². The normalized spacial score (nSPS) is 17.6. The molecule has 0 aromatic carbocycles. The number of halogens is 1. The second-order valence-corrected chi connectivity index (χ2v) is 5.88. The summed E-state index contributed by atoms with van der Waals surface area (Å²) in [4.78, 5) is 9.03. The summed E-state index contributed by atoms with van der Waals surface area (Å²) in [6, 6.07) is 3.93. The third-order valence-corrected chi connectivity index (χ3v) is 4.53. The zero-order valence-corrected chi connectivity index (χ0v) is 11.6. The Balaban J connectivity index is 2.05. The number of nitrogens with zero attached hydrogens (tertiary/aromatic N) is 3. The predicted molar refractivity (Wildman–Crippen MR) is 73.6 cm³/mol. The molecule has 96 valence electrons. The molecule has 18 heavy (non-hydrogen) atoms. The topological polar surface area (TPSA) is 30.7 Å². The quantitative estimate of drug-likeness (QED) is 0.789. The summed E-state index contributed by atoms with van der Waals surface area (Å²) in [5.74, 6) is 2.09. The van der Waals surface area contributed by atoms with Crippen molar-refractivity contribution >= 4 is 22.8 Å². The number of alkyl halides is 1. The first-order valence-electron chi connectivity index (χ1n) is 6.52. The summed E-state index contributed by atoms with van der Waals surface area (Å²) in [5, 5.41) is 0. The average Bonchev–Trinajstić information content (AvgIpc) is 3.07. The lowest BCUT2D eigenvalue weighted by Gasteiger charge is -2.21. The summed E-state index contributed by atoms with van der Waals surface area (Å²) in [6.45, 7) is 5.61. The zero-order chi connectivity index (χ0) is 12.8. The van der Waals surface area contributed by atoms with Gasteiger partial charge < -0.3 is 4.57 Å². The molecule has 0 saturated heterocycles. The van der Waals surface area contributed by atoms with Crippen LogP contribution < -0.4 is 0 Å². The van der Waals surface area contributed by atoms with Crippen LogP contribution in [0.15, 0.2) is 18.3 Å². The third kappa shape index (κ3) is 1.81. The minimum Gasteiger partial charge on any atom is -0.311 e. The van der Waals surface area contributed by atoms with Gasteiger partial charge in [-0.2, -0.15) is 0 Å². The Morgan fingerprint density at radius 3 is 2.83 bits per heavy atom. The van der Waals surface area contributed by atoms with Crippen LogP contribution in [0.2, 0.25) is 0 Å². The number of fused-ring (bicyclic) bond motifs is 1. The smallest absolute Gasteiger partial charge is 0.160 e. The average molecular weight is 264 g/mol. The number of hydrogen-bond donors (Lipinski definition) is 0. The number of rotatable bonds is 4. The second kappa shape index (κ2) is 4.23. The molecule has 0 spiro atoms. The third-order valence-electron chi connectivity index (χ3n) is 4.29. The van der Waals surface area contributed by atoms with Crippen LogP contribution in [-0.4, -0.2) is 14.5 Å². The van der Waals surface area contributed by atoms with E-state index in [2.05, 4.69) is 28.4 Å². The van der Waals surface area contributed by atoms with Gasteiger partial charge >= 0.3 is 0 Å². The number of hydrogen-bond acceptors (Lipinski definition) is 2. The molecule has 3 rings (SSSR count). The van der Waals surface area contributed by atoms with Crippen LogP contribution in [0, 0.1) is 11.3 Å². The molecule has 0 unspecified atom stereocenters. The molecule has 1 aliphatic carbocycles. The van der Waals surface area contributed by atoms with Gasteiger partial charge in [0, 0.05) is 12.7 Å².